The molecule has 0 saturated heterocycles. The standard InChI is InChI=1S/C21H19N3O2/c25-21(19-3-4-20-18(12-19)7-11-26-20)24(14-16-5-9-22-10-6-16)15-17-2-1-8-23-13-17/h1-6,8-10,12-13H,7,11,14-15H2. The van der Waals surface area contributed by atoms with Gasteiger partial charge in [0.2, 0.25) is 0 Å². The van der Waals surface area contributed by atoms with Crippen LogP contribution in [0.15, 0.2) is 67.3 Å². The first-order valence-corrected chi connectivity index (χ1v) is 8.62. The second kappa shape index (κ2) is 7.35. The lowest BCUT2D eigenvalue weighted by molar-refractivity contribution is 0.0729. The molecule has 1 aliphatic heterocycles. The Morgan fingerprint density at radius 1 is 1.00 bits per heavy atom. The number of carbonyl (C=O) groups is 1. The fraction of sp³-hybridized carbons (Fsp3) is 0.190. The highest BCUT2D eigenvalue weighted by atomic mass is 16.5. The SMILES string of the molecule is O=C(c1ccc2c(c1)CCO2)N(Cc1ccncc1)Cc1cccnc1. The number of nitrogens with zero attached hydrogens (tertiary/aromatic N) is 3. The molecule has 0 aliphatic carbocycles. The van der Waals surface area contributed by atoms with E-state index in [9.17, 15) is 4.79 Å². The molecule has 0 spiro atoms. The molecule has 4 rings (SSSR count). The largest absolute Gasteiger partial charge is 0.493 e. The number of rotatable bonds is 5. The maximum absolute atomic E-state index is 13.2. The molecule has 3 heterocycles. The maximum Gasteiger partial charge on any atom is 0.254 e. The van der Waals surface area contributed by atoms with Crippen molar-refractivity contribution in [2.24, 2.45) is 0 Å². The molecule has 1 aliphatic rings. The van der Waals surface area contributed by atoms with Crippen molar-refractivity contribution < 1.29 is 9.53 Å². The second-order valence-electron chi connectivity index (χ2n) is 6.30. The fourth-order valence-electron chi connectivity index (χ4n) is 3.12. The van der Waals surface area contributed by atoms with Crippen molar-refractivity contribution >= 4 is 5.91 Å². The molecule has 5 heteroatoms. The Kier molecular flexibility index (Phi) is 4.60. The van der Waals surface area contributed by atoms with Gasteiger partial charge in [0.25, 0.3) is 5.91 Å². The highest BCUT2D eigenvalue weighted by molar-refractivity contribution is 5.94. The average Bonchev–Trinajstić information content (AvgIpc) is 3.16. The molecule has 1 aromatic carbocycles. The van der Waals surface area contributed by atoms with E-state index >= 15 is 0 Å². The van der Waals surface area contributed by atoms with E-state index in [0.717, 1.165) is 28.9 Å². The summed E-state index contributed by atoms with van der Waals surface area (Å²) in [4.78, 5) is 23.3. The quantitative estimate of drug-likeness (QED) is 0.712. The van der Waals surface area contributed by atoms with Crippen LogP contribution in [0.1, 0.15) is 27.0 Å². The molecular formula is C21H19N3O2. The topological polar surface area (TPSA) is 55.3 Å². The van der Waals surface area contributed by atoms with Crippen LogP contribution in [0.2, 0.25) is 0 Å². The van der Waals surface area contributed by atoms with E-state index < -0.39 is 0 Å². The summed E-state index contributed by atoms with van der Waals surface area (Å²) >= 11 is 0. The predicted molar refractivity (Wildman–Crippen MR) is 97.7 cm³/mol. The minimum absolute atomic E-state index is 0.000338. The van der Waals surface area contributed by atoms with Gasteiger partial charge in [0.15, 0.2) is 0 Å². The number of hydrogen-bond donors (Lipinski definition) is 0. The number of amides is 1. The molecule has 2 aromatic heterocycles. The van der Waals surface area contributed by atoms with Gasteiger partial charge in [0.05, 0.1) is 6.61 Å². The molecule has 0 radical (unpaired) electrons. The third-order valence-electron chi connectivity index (χ3n) is 4.44. The van der Waals surface area contributed by atoms with E-state index in [4.69, 9.17) is 4.74 Å². The molecule has 26 heavy (non-hydrogen) atoms. The van der Waals surface area contributed by atoms with E-state index in [0.29, 0.717) is 25.3 Å². The Morgan fingerprint density at radius 3 is 2.65 bits per heavy atom. The molecule has 0 saturated carbocycles. The molecule has 0 unspecified atom stereocenters. The van der Waals surface area contributed by atoms with Gasteiger partial charge in [-0.3, -0.25) is 14.8 Å². The molecule has 3 aromatic rings. The van der Waals surface area contributed by atoms with Crippen LogP contribution in [0, 0.1) is 0 Å². The van der Waals surface area contributed by atoms with Crippen LogP contribution >= 0.6 is 0 Å². The average molecular weight is 345 g/mol. The lowest BCUT2D eigenvalue weighted by Gasteiger charge is -2.23. The van der Waals surface area contributed by atoms with Gasteiger partial charge in [0.1, 0.15) is 5.75 Å². The lowest BCUT2D eigenvalue weighted by atomic mass is 10.1. The van der Waals surface area contributed by atoms with Crippen molar-refractivity contribution in [1.29, 1.82) is 0 Å². The van der Waals surface area contributed by atoms with Gasteiger partial charge in [-0.1, -0.05) is 6.07 Å². The molecule has 5 nitrogen and oxygen atoms in total. The molecule has 130 valence electrons. The molecule has 0 N–H and O–H groups in total. The zero-order valence-electron chi connectivity index (χ0n) is 14.3. The highest BCUT2D eigenvalue weighted by Crippen LogP contribution is 2.26. The van der Waals surface area contributed by atoms with Crippen molar-refractivity contribution in [3.05, 3.63) is 89.5 Å². The Hall–Kier alpha value is -3.21. The second-order valence-corrected chi connectivity index (χ2v) is 6.30. The van der Waals surface area contributed by atoms with Gasteiger partial charge in [-0.2, -0.15) is 0 Å². The molecular weight excluding hydrogens is 326 g/mol. The minimum atomic E-state index is 0.000338. The van der Waals surface area contributed by atoms with Gasteiger partial charge in [-0.05, 0) is 53.1 Å². The first kappa shape index (κ1) is 16.3. The first-order valence-electron chi connectivity index (χ1n) is 8.62. The predicted octanol–water partition coefficient (Wildman–Crippen LogP) is 3.25. The van der Waals surface area contributed by atoms with Gasteiger partial charge in [-0.15, -0.1) is 0 Å². The van der Waals surface area contributed by atoms with Crippen molar-refractivity contribution in [1.82, 2.24) is 14.9 Å². The molecule has 0 bridgehead atoms. The number of aromatic nitrogens is 2. The maximum atomic E-state index is 13.2. The summed E-state index contributed by atoms with van der Waals surface area (Å²) in [6.45, 7) is 1.70. The summed E-state index contributed by atoms with van der Waals surface area (Å²) in [5.41, 5.74) is 3.83. The van der Waals surface area contributed by atoms with Crippen LogP contribution in [0.25, 0.3) is 0 Å². The van der Waals surface area contributed by atoms with Crippen LogP contribution in [0.3, 0.4) is 0 Å². The normalized spacial score (nSPS) is 12.3. The number of ether oxygens (including phenoxy) is 1. The summed E-state index contributed by atoms with van der Waals surface area (Å²) in [7, 11) is 0. The van der Waals surface area contributed by atoms with Crippen LogP contribution < -0.4 is 4.74 Å². The Morgan fingerprint density at radius 2 is 1.85 bits per heavy atom. The van der Waals surface area contributed by atoms with E-state index in [1.807, 2.05) is 47.4 Å². The summed E-state index contributed by atoms with van der Waals surface area (Å²) in [5.74, 6) is 0.884. The zero-order valence-corrected chi connectivity index (χ0v) is 14.3. The summed E-state index contributed by atoms with van der Waals surface area (Å²) in [5, 5.41) is 0. The Bertz CT molecular complexity index is 856. The smallest absolute Gasteiger partial charge is 0.254 e. The third kappa shape index (κ3) is 3.57. The number of pyridine rings is 2. The van der Waals surface area contributed by atoms with Crippen molar-refractivity contribution in [2.75, 3.05) is 6.61 Å². The highest BCUT2D eigenvalue weighted by Gasteiger charge is 2.20. The lowest BCUT2D eigenvalue weighted by Crippen LogP contribution is -2.30. The minimum Gasteiger partial charge on any atom is -0.493 e. The Labute approximate surface area is 152 Å². The van der Waals surface area contributed by atoms with E-state index in [1.54, 1.807) is 24.8 Å². The Balaban J connectivity index is 1.61. The van der Waals surface area contributed by atoms with Crippen molar-refractivity contribution in [2.45, 2.75) is 19.5 Å². The summed E-state index contributed by atoms with van der Waals surface area (Å²) in [6.07, 6.45) is 7.87. The first-order chi connectivity index (χ1) is 12.8. The number of carbonyl (C=O) groups excluding carboxylic acids is 1. The number of hydrogen-bond acceptors (Lipinski definition) is 4. The van der Waals surface area contributed by atoms with E-state index in [2.05, 4.69) is 9.97 Å². The summed E-state index contributed by atoms with van der Waals surface area (Å²) in [6, 6.07) is 13.4. The molecule has 0 fully saturated rings. The van der Waals surface area contributed by atoms with Crippen LogP contribution in [0.5, 0.6) is 5.75 Å². The van der Waals surface area contributed by atoms with Crippen molar-refractivity contribution in [3.63, 3.8) is 0 Å². The molecule has 1 amide bonds. The van der Waals surface area contributed by atoms with Crippen LogP contribution in [0.4, 0.5) is 0 Å². The van der Waals surface area contributed by atoms with Crippen LogP contribution in [-0.2, 0) is 19.5 Å². The van der Waals surface area contributed by atoms with Crippen molar-refractivity contribution in [3.8, 4) is 5.75 Å². The van der Waals surface area contributed by atoms with Gasteiger partial charge in [0, 0.05) is 49.9 Å². The fourth-order valence-corrected chi connectivity index (χ4v) is 3.12. The van der Waals surface area contributed by atoms with E-state index in [-0.39, 0.29) is 5.91 Å². The summed E-state index contributed by atoms with van der Waals surface area (Å²) < 4.78 is 5.54. The third-order valence-corrected chi connectivity index (χ3v) is 4.44. The van der Waals surface area contributed by atoms with Gasteiger partial charge < -0.3 is 9.64 Å². The van der Waals surface area contributed by atoms with Gasteiger partial charge in [-0.25, -0.2) is 0 Å². The van der Waals surface area contributed by atoms with Gasteiger partial charge >= 0.3 is 0 Å². The number of fused-ring (bicyclic) bond motifs is 1. The van der Waals surface area contributed by atoms with E-state index in [1.165, 1.54) is 0 Å². The molecule has 0 atom stereocenters. The number of benzene rings is 1. The van der Waals surface area contributed by atoms with Crippen LogP contribution in [-0.4, -0.2) is 27.4 Å². The monoisotopic (exact) mass is 345 g/mol. The zero-order chi connectivity index (χ0) is 17.8.